The molecule has 1 heterocycles. The van der Waals surface area contributed by atoms with Crippen LogP contribution in [-0.2, 0) is 24.3 Å². The van der Waals surface area contributed by atoms with E-state index in [-0.39, 0.29) is 24.6 Å². The predicted octanol–water partition coefficient (Wildman–Crippen LogP) is 2.22. The molecule has 0 bridgehead atoms. The molecule has 2 rings (SSSR count). The summed E-state index contributed by atoms with van der Waals surface area (Å²) in [7, 11) is -3.79. The Morgan fingerprint density at radius 1 is 1.18 bits per heavy atom. The summed E-state index contributed by atoms with van der Waals surface area (Å²) in [6.07, 6.45) is 4.37. The lowest BCUT2D eigenvalue weighted by Gasteiger charge is -2.38. The number of rotatable bonds is 7. The van der Waals surface area contributed by atoms with Crippen LogP contribution in [0, 0.1) is 6.92 Å². The molecule has 1 aromatic carbocycles. The Balaban J connectivity index is 1.79. The molecule has 2 atom stereocenters. The molecule has 7 nitrogen and oxygen atoms in total. The smallest absolute Gasteiger partial charge is 0.321 e. The average Bonchev–Trinajstić information content (AvgIpc) is 2.64. The van der Waals surface area contributed by atoms with Gasteiger partial charge in [0.2, 0.25) is 10.0 Å². The second kappa shape index (κ2) is 9.84. The first-order valence-electron chi connectivity index (χ1n) is 9.39. The van der Waals surface area contributed by atoms with Gasteiger partial charge in [-0.15, -0.1) is 0 Å². The Morgan fingerprint density at radius 3 is 2.39 bits per heavy atom. The highest BCUT2D eigenvalue weighted by Gasteiger charge is 2.29. The van der Waals surface area contributed by atoms with Crippen LogP contribution in [0.25, 0.3) is 6.08 Å². The maximum atomic E-state index is 12.3. The third-order valence-corrected chi connectivity index (χ3v) is 5.81. The number of ether oxygens (including phenoxy) is 1. The SMILES string of the molecule is Cc1ccc(/C=C/S(=O)(=O)NCC(=O)OCC(=O)N2[C@@H](C)CCC[C@@H]2C)cc1. The van der Waals surface area contributed by atoms with Crippen molar-refractivity contribution in [2.24, 2.45) is 0 Å². The summed E-state index contributed by atoms with van der Waals surface area (Å²) >= 11 is 0. The van der Waals surface area contributed by atoms with E-state index in [1.54, 1.807) is 17.0 Å². The molecule has 0 radical (unpaired) electrons. The van der Waals surface area contributed by atoms with E-state index >= 15 is 0 Å². The van der Waals surface area contributed by atoms with Gasteiger partial charge < -0.3 is 9.64 Å². The number of nitrogens with zero attached hydrogens (tertiary/aromatic N) is 1. The third kappa shape index (κ3) is 6.76. The topological polar surface area (TPSA) is 92.8 Å². The molecule has 1 saturated heterocycles. The fraction of sp³-hybridized carbons (Fsp3) is 0.500. The molecule has 1 N–H and O–H groups in total. The lowest BCUT2D eigenvalue weighted by Crippen LogP contribution is -2.49. The molecule has 0 saturated carbocycles. The molecule has 1 aliphatic heterocycles. The summed E-state index contributed by atoms with van der Waals surface area (Å²) in [5.74, 6) is -1.05. The maximum absolute atomic E-state index is 12.3. The zero-order valence-electron chi connectivity index (χ0n) is 16.6. The number of sulfonamides is 1. The van der Waals surface area contributed by atoms with Crippen LogP contribution >= 0.6 is 0 Å². The zero-order chi connectivity index (χ0) is 20.7. The second-order valence-corrected chi connectivity index (χ2v) is 8.82. The van der Waals surface area contributed by atoms with E-state index < -0.39 is 22.5 Å². The van der Waals surface area contributed by atoms with Crippen LogP contribution in [0.3, 0.4) is 0 Å². The van der Waals surface area contributed by atoms with E-state index in [4.69, 9.17) is 4.74 Å². The molecule has 28 heavy (non-hydrogen) atoms. The molecule has 1 amide bonds. The second-order valence-electron chi connectivity index (χ2n) is 7.17. The van der Waals surface area contributed by atoms with Gasteiger partial charge in [0, 0.05) is 17.5 Å². The molecule has 0 spiro atoms. The molecule has 0 aromatic heterocycles. The number of carbonyl (C=O) groups excluding carboxylic acids is 2. The molecule has 0 unspecified atom stereocenters. The van der Waals surface area contributed by atoms with E-state index in [9.17, 15) is 18.0 Å². The van der Waals surface area contributed by atoms with Gasteiger partial charge in [-0.2, -0.15) is 0 Å². The number of aryl methyl sites for hydroxylation is 1. The Hall–Kier alpha value is -2.19. The highest BCUT2D eigenvalue weighted by molar-refractivity contribution is 7.92. The van der Waals surface area contributed by atoms with Crippen molar-refractivity contribution < 1.29 is 22.7 Å². The van der Waals surface area contributed by atoms with Gasteiger partial charge in [-0.25, -0.2) is 13.1 Å². The number of nitrogens with one attached hydrogen (secondary N) is 1. The van der Waals surface area contributed by atoms with Gasteiger partial charge in [-0.3, -0.25) is 9.59 Å². The highest BCUT2D eigenvalue weighted by Crippen LogP contribution is 2.22. The summed E-state index contributed by atoms with van der Waals surface area (Å²) in [4.78, 5) is 25.9. The molecule has 1 aliphatic rings. The molecule has 154 valence electrons. The van der Waals surface area contributed by atoms with Crippen LogP contribution in [0.1, 0.15) is 44.2 Å². The quantitative estimate of drug-likeness (QED) is 0.699. The number of piperidine rings is 1. The minimum Gasteiger partial charge on any atom is -0.455 e. The van der Waals surface area contributed by atoms with Crippen LogP contribution in [0.5, 0.6) is 0 Å². The van der Waals surface area contributed by atoms with E-state index in [1.807, 2.05) is 32.9 Å². The Morgan fingerprint density at radius 2 is 1.79 bits per heavy atom. The predicted molar refractivity (Wildman–Crippen MR) is 108 cm³/mol. The van der Waals surface area contributed by atoms with Gasteiger partial charge in [0.1, 0.15) is 6.54 Å². The summed E-state index contributed by atoms with van der Waals surface area (Å²) in [6, 6.07) is 7.56. The molecular formula is C20H28N2O5S. The minimum atomic E-state index is -3.79. The van der Waals surface area contributed by atoms with Crippen molar-refractivity contribution in [1.29, 1.82) is 0 Å². The van der Waals surface area contributed by atoms with E-state index in [0.717, 1.165) is 35.8 Å². The van der Waals surface area contributed by atoms with Crippen molar-refractivity contribution in [2.75, 3.05) is 13.2 Å². The van der Waals surface area contributed by atoms with Gasteiger partial charge in [-0.1, -0.05) is 29.8 Å². The van der Waals surface area contributed by atoms with Gasteiger partial charge in [0.25, 0.3) is 5.91 Å². The van der Waals surface area contributed by atoms with Gasteiger partial charge in [0.15, 0.2) is 6.61 Å². The molecule has 8 heteroatoms. The fourth-order valence-corrected chi connectivity index (χ4v) is 3.99. The van der Waals surface area contributed by atoms with Gasteiger partial charge in [-0.05, 0) is 51.7 Å². The lowest BCUT2D eigenvalue weighted by atomic mass is 9.97. The van der Waals surface area contributed by atoms with Gasteiger partial charge in [0.05, 0.1) is 0 Å². The number of likely N-dealkylation sites (tertiary alicyclic amines) is 1. The van der Waals surface area contributed by atoms with Crippen LogP contribution in [0.15, 0.2) is 29.7 Å². The van der Waals surface area contributed by atoms with E-state index in [2.05, 4.69) is 4.72 Å². The number of esters is 1. The first-order chi connectivity index (χ1) is 13.2. The van der Waals surface area contributed by atoms with Crippen molar-refractivity contribution in [3.63, 3.8) is 0 Å². The monoisotopic (exact) mass is 408 g/mol. The van der Waals surface area contributed by atoms with Crippen molar-refractivity contribution >= 4 is 28.0 Å². The number of hydrogen-bond acceptors (Lipinski definition) is 5. The van der Waals surface area contributed by atoms with Gasteiger partial charge >= 0.3 is 5.97 Å². The summed E-state index contributed by atoms with van der Waals surface area (Å²) in [5, 5.41) is 0.993. The first kappa shape index (κ1) is 22.1. The minimum absolute atomic E-state index is 0.111. The number of amides is 1. The summed E-state index contributed by atoms with van der Waals surface area (Å²) in [5.41, 5.74) is 1.80. The Kier molecular flexibility index (Phi) is 7.77. The number of benzene rings is 1. The molecule has 1 fully saturated rings. The third-order valence-electron chi connectivity index (χ3n) is 4.77. The largest absolute Gasteiger partial charge is 0.455 e. The summed E-state index contributed by atoms with van der Waals surface area (Å²) in [6.45, 7) is 4.98. The fourth-order valence-electron chi connectivity index (χ4n) is 3.23. The molecule has 0 aliphatic carbocycles. The van der Waals surface area contributed by atoms with Crippen LogP contribution in [-0.4, -0.2) is 50.4 Å². The van der Waals surface area contributed by atoms with Crippen LogP contribution < -0.4 is 4.72 Å². The number of carbonyl (C=O) groups is 2. The standard InChI is InChI=1S/C20H28N2O5S/c1-15-7-9-18(10-8-15)11-12-28(25,26)21-13-20(24)27-14-19(23)22-16(2)5-4-6-17(22)3/h7-12,16-17,21H,4-6,13-14H2,1-3H3/b12-11+/t16-,17-/m0/s1. The lowest BCUT2D eigenvalue weighted by molar-refractivity contribution is -0.154. The highest BCUT2D eigenvalue weighted by atomic mass is 32.2. The Labute approximate surface area is 166 Å². The zero-order valence-corrected chi connectivity index (χ0v) is 17.4. The van der Waals surface area contributed by atoms with E-state index in [1.165, 1.54) is 6.08 Å². The normalized spacial score (nSPS) is 20.3. The molecular weight excluding hydrogens is 380 g/mol. The van der Waals surface area contributed by atoms with Crippen LogP contribution in [0.2, 0.25) is 0 Å². The Bertz CT molecular complexity index is 808. The van der Waals surface area contributed by atoms with Crippen molar-refractivity contribution in [3.05, 3.63) is 40.8 Å². The van der Waals surface area contributed by atoms with Crippen molar-refractivity contribution in [2.45, 2.75) is 52.1 Å². The van der Waals surface area contributed by atoms with Crippen molar-refractivity contribution in [1.82, 2.24) is 9.62 Å². The van der Waals surface area contributed by atoms with Crippen LogP contribution in [0.4, 0.5) is 0 Å². The van der Waals surface area contributed by atoms with E-state index in [0.29, 0.717) is 0 Å². The first-order valence-corrected chi connectivity index (χ1v) is 10.9. The van der Waals surface area contributed by atoms with Crippen molar-refractivity contribution in [3.8, 4) is 0 Å². The number of hydrogen-bond donors (Lipinski definition) is 1. The molecule has 1 aromatic rings. The average molecular weight is 409 g/mol. The summed E-state index contributed by atoms with van der Waals surface area (Å²) < 4.78 is 31.0. The maximum Gasteiger partial charge on any atom is 0.321 e.